The highest BCUT2D eigenvalue weighted by molar-refractivity contribution is 6.06. The Labute approximate surface area is 238 Å². The van der Waals surface area contributed by atoms with E-state index in [9.17, 15) is 9.59 Å². The highest BCUT2D eigenvalue weighted by atomic mass is 16.2. The summed E-state index contributed by atoms with van der Waals surface area (Å²) in [6.45, 7) is 10.3. The molecule has 1 heterocycles. The van der Waals surface area contributed by atoms with Gasteiger partial charge in [-0.25, -0.2) is 0 Å². The van der Waals surface area contributed by atoms with Crippen molar-refractivity contribution in [3.8, 4) is 11.1 Å². The van der Waals surface area contributed by atoms with Crippen LogP contribution >= 0.6 is 0 Å². The van der Waals surface area contributed by atoms with Crippen molar-refractivity contribution in [2.45, 2.75) is 52.5 Å². The lowest BCUT2D eigenvalue weighted by molar-refractivity contribution is 0.0757. The molecule has 4 aromatic rings. The molecule has 0 saturated heterocycles. The van der Waals surface area contributed by atoms with Gasteiger partial charge in [0.1, 0.15) is 0 Å². The number of amides is 2. The fraction of sp³-hybridized carbons (Fsp3) is 0.286. The number of hydrogen-bond donors (Lipinski definition) is 1. The minimum atomic E-state index is -0.166. The van der Waals surface area contributed by atoms with Crippen LogP contribution in [0.3, 0.4) is 0 Å². The smallest absolute Gasteiger partial charge is 0.254 e. The molecule has 4 rings (SSSR count). The third-order valence-electron chi connectivity index (χ3n) is 7.09. The van der Waals surface area contributed by atoms with E-state index in [4.69, 9.17) is 0 Å². The molecule has 1 N–H and O–H groups in total. The average molecular weight is 534 g/mol. The van der Waals surface area contributed by atoms with Gasteiger partial charge in [-0.3, -0.25) is 14.6 Å². The number of carbonyl (C=O) groups is 2. The van der Waals surface area contributed by atoms with Crippen LogP contribution < -0.4 is 5.32 Å². The molecule has 0 aliphatic carbocycles. The second kappa shape index (κ2) is 13.2. The summed E-state index contributed by atoms with van der Waals surface area (Å²) in [6.07, 6.45) is 5.17. The first kappa shape index (κ1) is 28.8. The maximum Gasteiger partial charge on any atom is 0.254 e. The molecule has 0 atom stereocenters. The lowest BCUT2D eigenvalue weighted by Gasteiger charge is -2.24. The van der Waals surface area contributed by atoms with Crippen LogP contribution in [0.4, 0.5) is 0 Å². The number of rotatable bonds is 10. The van der Waals surface area contributed by atoms with Crippen LogP contribution in [-0.2, 0) is 18.4 Å². The highest BCUT2D eigenvalue weighted by Crippen LogP contribution is 2.29. The van der Waals surface area contributed by atoms with E-state index in [1.807, 2.05) is 65.6 Å². The van der Waals surface area contributed by atoms with Gasteiger partial charge in [-0.15, -0.1) is 0 Å². The largest absolute Gasteiger partial charge is 0.348 e. The van der Waals surface area contributed by atoms with Crippen LogP contribution in [0, 0.1) is 0 Å². The van der Waals surface area contributed by atoms with Crippen LogP contribution in [-0.4, -0.2) is 34.8 Å². The normalized spacial score (nSPS) is 11.2. The molecule has 0 spiro atoms. The van der Waals surface area contributed by atoms with Gasteiger partial charge in [0.15, 0.2) is 0 Å². The fourth-order valence-electron chi connectivity index (χ4n) is 4.79. The molecule has 5 nitrogen and oxygen atoms in total. The number of nitrogens with one attached hydrogen (secondary N) is 1. The second-order valence-corrected chi connectivity index (χ2v) is 11.1. The predicted molar refractivity (Wildman–Crippen MR) is 162 cm³/mol. The van der Waals surface area contributed by atoms with E-state index in [-0.39, 0.29) is 17.2 Å². The van der Waals surface area contributed by atoms with Gasteiger partial charge in [-0.05, 0) is 70.3 Å². The van der Waals surface area contributed by atoms with Crippen molar-refractivity contribution in [2.75, 3.05) is 13.1 Å². The quantitative estimate of drug-likeness (QED) is 0.237. The molecule has 0 bridgehead atoms. The molecule has 0 saturated carbocycles. The lowest BCUT2D eigenvalue weighted by atomic mass is 9.87. The second-order valence-electron chi connectivity index (χ2n) is 11.1. The molecule has 40 heavy (non-hydrogen) atoms. The van der Waals surface area contributed by atoms with Crippen LogP contribution in [0.25, 0.3) is 11.1 Å². The zero-order chi connectivity index (χ0) is 28.5. The molecule has 0 aliphatic heterocycles. The van der Waals surface area contributed by atoms with E-state index >= 15 is 0 Å². The molecule has 0 unspecified atom stereocenters. The molecule has 0 fully saturated rings. The third kappa shape index (κ3) is 7.23. The summed E-state index contributed by atoms with van der Waals surface area (Å²) in [5, 5.41) is 3.07. The topological polar surface area (TPSA) is 62.3 Å². The Morgan fingerprint density at radius 3 is 1.98 bits per heavy atom. The Morgan fingerprint density at radius 2 is 1.35 bits per heavy atom. The van der Waals surface area contributed by atoms with Crippen molar-refractivity contribution in [1.29, 1.82) is 0 Å². The van der Waals surface area contributed by atoms with Crippen LogP contribution in [0.5, 0.6) is 0 Å². The minimum absolute atomic E-state index is 0.0272. The van der Waals surface area contributed by atoms with E-state index in [1.54, 1.807) is 12.4 Å². The summed E-state index contributed by atoms with van der Waals surface area (Å²) in [7, 11) is 0. The maximum absolute atomic E-state index is 13.9. The maximum atomic E-state index is 13.9. The Balaban J connectivity index is 1.55. The van der Waals surface area contributed by atoms with Crippen molar-refractivity contribution < 1.29 is 9.59 Å². The molecule has 206 valence electrons. The number of nitrogens with zero attached hydrogens (tertiary/aromatic N) is 2. The highest BCUT2D eigenvalue weighted by Gasteiger charge is 2.22. The van der Waals surface area contributed by atoms with Crippen molar-refractivity contribution in [3.63, 3.8) is 0 Å². The van der Waals surface area contributed by atoms with Gasteiger partial charge in [-0.2, -0.15) is 0 Å². The lowest BCUT2D eigenvalue weighted by Crippen LogP contribution is -2.34. The molecular weight excluding hydrogens is 494 g/mol. The first-order valence-corrected chi connectivity index (χ1v) is 14.0. The standard InChI is InChI=1S/C35H39N3O2/c1-5-23-38(24-20-26-18-21-36-22-19-26)34(40)32-13-9-7-11-30(32)29-10-6-8-12-31(29)33(39)37-25-27-14-16-28(17-15-27)35(2,3)4/h6-19,21-22H,5,20,23-25H2,1-4H3,(H,37,39). The van der Waals surface area contributed by atoms with Gasteiger partial charge in [0.05, 0.1) is 0 Å². The number of carbonyl (C=O) groups excluding carboxylic acids is 2. The van der Waals surface area contributed by atoms with E-state index in [2.05, 4.69) is 62.3 Å². The number of benzene rings is 3. The van der Waals surface area contributed by atoms with E-state index in [0.717, 1.165) is 35.1 Å². The van der Waals surface area contributed by atoms with E-state index in [0.29, 0.717) is 30.8 Å². The Kier molecular flexibility index (Phi) is 9.49. The van der Waals surface area contributed by atoms with Gasteiger partial charge in [0.2, 0.25) is 0 Å². The summed E-state index contributed by atoms with van der Waals surface area (Å²) >= 11 is 0. The summed E-state index contributed by atoms with van der Waals surface area (Å²) in [5.74, 6) is -0.193. The molecule has 0 aliphatic rings. The Hall–Kier alpha value is -4.25. The summed E-state index contributed by atoms with van der Waals surface area (Å²) in [4.78, 5) is 33.3. The van der Waals surface area contributed by atoms with Crippen LogP contribution in [0.1, 0.15) is 71.5 Å². The molecule has 5 heteroatoms. The molecule has 1 aromatic heterocycles. The molecule has 3 aromatic carbocycles. The van der Waals surface area contributed by atoms with Gasteiger partial charge < -0.3 is 10.2 Å². The SMILES string of the molecule is CCCN(CCc1ccncc1)C(=O)c1ccccc1-c1ccccc1C(=O)NCc1ccc(C(C)(C)C)cc1. The number of pyridine rings is 1. The molecular formula is C35H39N3O2. The minimum Gasteiger partial charge on any atom is -0.348 e. The summed E-state index contributed by atoms with van der Waals surface area (Å²) in [6, 6.07) is 27.4. The van der Waals surface area contributed by atoms with E-state index in [1.165, 1.54) is 5.56 Å². The summed E-state index contributed by atoms with van der Waals surface area (Å²) in [5.41, 5.74) is 6.18. The molecule has 0 radical (unpaired) electrons. The van der Waals surface area contributed by atoms with Gasteiger partial charge in [0.25, 0.3) is 11.8 Å². The first-order chi connectivity index (χ1) is 19.3. The van der Waals surface area contributed by atoms with Crippen LogP contribution in [0.15, 0.2) is 97.3 Å². The zero-order valence-electron chi connectivity index (χ0n) is 24.0. The Morgan fingerprint density at radius 1 is 0.750 bits per heavy atom. The third-order valence-corrected chi connectivity index (χ3v) is 7.09. The van der Waals surface area contributed by atoms with Crippen molar-refractivity contribution in [3.05, 3.63) is 125 Å². The van der Waals surface area contributed by atoms with Gasteiger partial charge >= 0.3 is 0 Å². The van der Waals surface area contributed by atoms with Crippen molar-refractivity contribution in [2.24, 2.45) is 0 Å². The van der Waals surface area contributed by atoms with E-state index < -0.39 is 0 Å². The number of hydrogen-bond acceptors (Lipinski definition) is 3. The van der Waals surface area contributed by atoms with Gasteiger partial charge in [-0.1, -0.05) is 88.4 Å². The zero-order valence-corrected chi connectivity index (χ0v) is 24.0. The van der Waals surface area contributed by atoms with Gasteiger partial charge in [0, 0.05) is 43.2 Å². The average Bonchev–Trinajstić information content (AvgIpc) is 2.98. The molecule has 2 amide bonds. The van der Waals surface area contributed by atoms with Crippen molar-refractivity contribution >= 4 is 11.8 Å². The van der Waals surface area contributed by atoms with Crippen molar-refractivity contribution in [1.82, 2.24) is 15.2 Å². The number of aromatic nitrogens is 1. The predicted octanol–water partition coefficient (Wildman–Crippen LogP) is 7.07. The van der Waals surface area contributed by atoms with Crippen LogP contribution in [0.2, 0.25) is 0 Å². The fourth-order valence-corrected chi connectivity index (χ4v) is 4.79. The first-order valence-electron chi connectivity index (χ1n) is 14.0. The Bertz CT molecular complexity index is 1420. The monoisotopic (exact) mass is 533 g/mol. The summed E-state index contributed by atoms with van der Waals surface area (Å²) < 4.78 is 0.